The first-order valence-electron chi connectivity index (χ1n) is 8.96. The summed E-state index contributed by atoms with van der Waals surface area (Å²) in [4.78, 5) is 41.5. The summed E-state index contributed by atoms with van der Waals surface area (Å²) in [6.45, 7) is 1.87. The number of nitrogens with zero attached hydrogens (tertiary/aromatic N) is 1. The molecule has 7 nitrogen and oxygen atoms in total. The Bertz CT molecular complexity index is 981. The van der Waals surface area contributed by atoms with Gasteiger partial charge in [0.2, 0.25) is 5.43 Å². The highest BCUT2D eigenvalue weighted by atomic mass is 19.1. The van der Waals surface area contributed by atoms with Crippen LogP contribution in [0.15, 0.2) is 29.2 Å². The lowest BCUT2D eigenvalue weighted by Gasteiger charge is -2.33. The van der Waals surface area contributed by atoms with Gasteiger partial charge in [-0.05, 0) is 49.9 Å². The fourth-order valence-corrected chi connectivity index (χ4v) is 4.34. The molecule has 1 aromatic heterocycles. The van der Waals surface area contributed by atoms with Crippen LogP contribution in [0.2, 0.25) is 0 Å². The third-order valence-electron chi connectivity index (χ3n) is 5.81. The third-order valence-corrected chi connectivity index (χ3v) is 5.81. The smallest absolute Gasteiger partial charge is 0.326 e. The lowest BCUT2D eigenvalue weighted by atomic mass is 9.77. The van der Waals surface area contributed by atoms with E-state index in [0.717, 1.165) is 25.9 Å². The fourth-order valence-electron chi connectivity index (χ4n) is 4.34. The van der Waals surface area contributed by atoms with Gasteiger partial charge in [-0.3, -0.25) is 9.59 Å². The van der Waals surface area contributed by atoms with Gasteiger partial charge in [-0.25, -0.2) is 9.18 Å². The molecule has 1 atom stereocenters. The molecule has 2 aromatic rings. The number of aromatic amines is 1. The number of hydrogen-bond acceptors (Lipinski definition) is 4. The summed E-state index contributed by atoms with van der Waals surface area (Å²) in [5.41, 5.74) is -0.960. The number of H-pyrrole nitrogens is 1. The largest absolute Gasteiger partial charge is 0.480 e. The average molecular weight is 373 g/mol. The second kappa shape index (κ2) is 6.45. The molecule has 0 bridgehead atoms. The van der Waals surface area contributed by atoms with E-state index in [2.05, 4.69) is 10.3 Å². The minimum absolute atomic E-state index is 0.0325. The monoisotopic (exact) mass is 373 g/mol. The van der Waals surface area contributed by atoms with Gasteiger partial charge in [-0.15, -0.1) is 0 Å². The number of fused-ring (bicyclic) bond motifs is 1. The topological polar surface area (TPSA) is 102 Å². The summed E-state index contributed by atoms with van der Waals surface area (Å²) in [5, 5.41) is 12.9. The van der Waals surface area contributed by atoms with E-state index >= 15 is 0 Å². The molecule has 0 radical (unpaired) electrons. The zero-order valence-electron chi connectivity index (χ0n) is 14.6. The second-order valence-corrected chi connectivity index (χ2v) is 7.44. The van der Waals surface area contributed by atoms with Crippen LogP contribution in [-0.2, 0) is 4.79 Å². The molecule has 2 aliphatic rings. The summed E-state index contributed by atoms with van der Waals surface area (Å²) in [5.74, 6) is -2.27. The third kappa shape index (κ3) is 2.90. The number of piperidine rings is 1. The Hall–Kier alpha value is -2.74. The van der Waals surface area contributed by atoms with Gasteiger partial charge in [-0.1, -0.05) is 6.07 Å². The Morgan fingerprint density at radius 2 is 2.00 bits per heavy atom. The number of pyridine rings is 1. The van der Waals surface area contributed by atoms with Crippen molar-refractivity contribution in [2.45, 2.75) is 25.3 Å². The SMILES string of the molecule is O=C(O)[C@H]1CC2(CCNCC2)CN1C(=O)c1c[nH]c2c(F)cccc2c1=O. The van der Waals surface area contributed by atoms with Crippen LogP contribution in [0.4, 0.5) is 4.39 Å². The number of amides is 1. The summed E-state index contributed by atoms with van der Waals surface area (Å²) in [6.07, 6.45) is 3.15. The Kier molecular flexibility index (Phi) is 4.22. The van der Waals surface area contributed by atoms with E-state index in [0.29, 0.717) is 13.0 Å². The highest BCUT2D eigenvalue weighted by Crippen LogP contribution is 2.42. The summed E-state index contributed by atoms with van der Waals surface area (Å²) in [7, 11) is 0. The van der Waals surface area contributed by atoms with Gasteiger partial charge in [0.15, 0.2) is 0 Å². The van der Waals surface area contributed by atoms with Crippen LogP contribution in [0.3, 0.4) is 0 Å². The van der Waals surface area contributed by atoms with E-state index in [9.17, 15) is 23.9 Å². The molecular formula is C19H20FN3O4. The van der Waals surface area contributed by atoms with Crippen LogP contribution in [0.25, 0.3) is 10.9 Å². The quantitative estimate of drug-likeness (QED) is 0.737. The molecule has 1 spiro atoms. The number of rotatable bonds is 2. The predicted octanol–water partition coefficient (Wildman–Crippen LogP) is 1.34. The highest BCUT2D eigenvalue weighted by molar-refractivity contribution is 5.99. The standard InChI is InChI=1S/C19H20FN3O4/c20-13-3-1-2-11-15(13)22-9-12(16(11)24)17(25)23-10-19(4-6-21-7-5-19)8-14(23)18(26)27/h1-3,9,14,21H,4-8,10H2,(H,22,24)(H,26,27)/t14-/m1/s1. The molecule has 27 heavy (non-hydrogen) atoms. The number of hydrogen-bond donors (Lipinski definition) is 3. The van der Waals surface area contributed by atoms with Crippen LogP contribution >= 0.6 is 0 Å². The summed E-state index contributed by atoms with van der Waals surface area (Å²) < 4.78 is 13.9. The maximum atomic E-state index is 13.9. The number of aromatic nitrogens is 1. The van der Waals surface area contributed by atoms with Crippen molar-refractivity contribution in [3.8, 4) is 0 Å². The van der Waals surface area contributed by atoms with E-state index in [1.54, 1.807) is 0 Å². The molecule has 2 aliphatic heterocycles. The van der Waals surface area contributed by atoms with Gasteiger partial charge in [0.05, 0.1) is 5.52 Å². The van der Waals surface area contributed by atoms with Crippen molar-refractivity contribution in [3.63, 3.8) is 0 Å². The average Bonchev–Trinajstić information content (AvgIpc) is 3.02. The Balaban J connectivity index is 1.73. The first kappa shape index (κ1) is 17.7. The summed E-state index contributed by atoms with van der Waals surface area (Å²) in [6, 6.07) is 3.11. The summed E-state index contributed by atoms with van der Waals surface area (Å²) >= 11 is 0. The number of para-hydroxylation sites is 1. The normalized spacial score (nSPS) is 21.7. The first-order chi connectivity index (χ1) is 12.9. The van der Waals surface area contributed by atoms with Crippen molar-refractivity contribution >= 4 is 22.8 Å². The van der Waals surface area contributed by atoms with E-state index in [1.807, 2.05) is 0 Å². The molecule has 2 fully saturated rings. The van der Waals surface area contributed by atoms with Gasteiger partial charge < -0.3 is 20.3 Å². The number of carbonyl (C=O) groups excluding carboxylic acids is 1. The lowest BCUT2D eigenvalue weighted by Crippen LogP contribution is -2.43. The maximum Gasteiger partial charge on any atom is 0.326 e. The van der Waals surface area contributed by atoms with Crippen molar-refractivity contribution in [3.05, 3.63) is 46.0 Å². The molecule has 142 valence electrons. The molecule has 0 unspecified atom stereocenters. The predicted molar refractivity (Wildman–Crippen MR) is 96.1 cm³/mol. The van der Waals surface area contributed by atoms with Crippen molar-refractivity contribution in [2.24, 2.45) is 5.41 Å². The molecule has 2 saturated heterocycles. The van der Waals surface area contributed by atoms with Gasteiger partial charge in [0.25, 0.3) is 5.91 Å². The van der Waals surface area contributed by atoms with Crippen LogP contribution < -0.4 is 10.7 Å². The molecule has 0 saturated carbocycles. The maximum absolute atomic E-state index is 13.9. The van der Waals surface area contributed by atoms with Crippen molar-refractivity contribution < 1.29 is 19.1 Å². The molecule has 0 aliphatic carbocycles. The fraction of sp³-hybridized carbons (Fsp3) is 0.421. The molecule has 3 N–H and O–H groups in total. The minimum atomic E-state index is -1.07. The number of carboxylic acids is 1. The van der Waals surface area contributed by atoms with E-state index in [-0.39, 0.29) is 21.9 Å². The molecule has 1 amide bonds. The van der Waals surface area contributed by atoms with Crippen LogP contribution in [-0.4, -0.2) is 52.5 Å². The van der Waals surface area contributed by atoms with Crippen molar-refractivity contribution in [1.82, 2.24) is 15.2 Å². The molecule has 4 rings (SSSR count). The van der Waals surface area contributed by atoms with Crippen LogP contribution in [0, 0.1) is 11.2 Å². The Morgan fingerprint density at radius 1 is 1.26 bits per heavy atom. The van der Waals surface area contributed by atoms with Crippen LogP contribution in [0.5, 0.6) is 0 Å². The number of benzene rings is 1. The zero-order valence-corrected chi connectivity index (χ0v) is 14.6. The highest BCUT2D eigenvalue weighted by Gasteiger charge is 2.49. The van der Waals surface area contributed by atoms with Crippen molar-refractivity contribution in [1.29, 1.82) is 0 Å². The Morgan fingerprint density at radius 3 is 2.70 bits per heavy atom. The Labute approximate surface area is 154 Å². The second-order valence-electron chi connectivity index (χ2n) is 7.44. The minimum Gasteiger partial charge on any atom is -0.480 e. The van der Waals surface area contributed by atoms with Crippen molar-refractivity contribution in [2.75, 3.05) is 19.6 Å². The molecule has 1 aromatic carbocycles. The van der Waals surface area contributed by atoms with Gasteiger partial charge >= 0.3 is 5.97 Å². The number of halogens is 1. The van der Waals surface area contributed by atoms with Gasteiger partial charge in [0, 0.05) is 18.1 Å². The number of aliphatic carboxylic acids is 1. The first-order valence-corrected chi connectivity index (χ1v) is 8.96. The van der Waals surface area contributed by atoms with Gasteiger partial charge in [-0.2, -0.15) is 0 Å². The number of nitrogens with one attached hydrogen (secondary N) is 2. The lowest BCUT2D eigenvalue weighted by molar-refractivity contribution is -0.141. The zero-order chi connectivity index (χ0) is 19.2. The van der Waals surface area contributed by atoms with E-state index in [1.165, 1.54) is 29.3 Å². The molecular weight excluding hydrogens is 353 g/mol. The number of carboxylic acid groups (broad SMARTS) is 1. The van der Waals surface area contributed by atoms with E-state index < -0.39 is 29.2 Å². The number of likely N-dealkylation sites (tertiary alicyclic amines) is 1. The van der Waals surface area contributed by atoms with Gasteiger partial charge in [0.1, 0.15) is 17.4 Å². The van der Waals surface area contributed by atoms with E-state index in [4.69, 9.17) is 0 Å². The molecule has 3 heterocycles. The van der Waals surface area contributed by atoms with Crippen LogP contribution in [0.1, 0.15) is 29.6 Å². The number of carbonyl (C=O) groups is 2. The molecule has 8 heteroatoms.